The van der Waals surface area contributed by atoms with Crippen LogP contribution in [0.15, 0.2) is 24.8 Å². The fraction of sp³-hybridized carbons (Fsp3) is 0.214. The summed E-state index contributed by atoms with van der Waals surface area (Å²) in [5.74, 6) is -2.25. The topological polar surface area (TPSA) is 89.9 Å². The van der Waals surface area contributed by atoms with E-state index in [4.69, 9.17) is 9.84 Å². The second-order valence-corrected chi connectivity index (χ2v) is 4.10. The minimum absolute atomic E-state index is 0.0293. The van der Waals surface area contributed by atoms with Crippen molar-refractivity contribution in [1.29, 1.82) is 0 Å². The van der Waals surface area contributed by atoms with Gasteiger partial charge in [0, 0.05) is 18.6 Å². The summed E-state index contributed by atoms with van der Waals surface area (Å²) in [5, 5.41) is 8.61. The molecular weight excluding hydrogens is 264 g/mol. The third kappa shape index (κ3) is 2.46. The smallest absolute Gasteiger partial charge is 0.347 e. The Labute approximate surface area is 114 Å². The van der Waals surface area contributed by atoms with Crippen molar-refractivity contribution in [3.8, 4) is 0 Å². The van der Waals surface area contributed by atoms with Gasteiger partial charge in [0.1, 0.15) is 0 Å². The molecule has 1 aromatic carbocycles. The molecule has 2 rings (SSSR count). The lowest BCUT2D eigenvalue weighted by molar-refractivity contribution is -0.136. The van der Waals surface area contributed by atoms with Crippen LogP contribution in [0.25, 0.3) is 5.57 Å². The van der Waals surface area contributed by atoms with E-state index >= 15 is 0 Å². The average Bonchev–Trinajstić information content (AvgIpc) is 2.73. The van der Waals surface area contributed by atoms with E-state index in [1.807, 2.05) is 0 Å². The first-order chi connectivity index (χ1) is 9.56. The normalized spacial score (nSPS) is 12.8. The molecule has 0 aliphatic carbocycles. The van der Waals surface area contributed by atoms with Crippen molar-refractivity contribution in [1.82, 2.24) is 0 Å². The summed E-state index contributed by atoms with van der Waals surface area (Å²) in [4.78, 5) is 34.8. The third-order valence-electron chi connectivity index (χ3n) is 2.78. The van der Waals surface area contributed by atoms with Gasteiger partial charge in [0.15, 0.2) is 0 Å². The summed E-state index contributed by atoms with van der Waals surface area (Å²) in [6.45, 7) is 3.54. The lowest BCUT2D eigenvalue weighted by Gasteiger charge is -2.08. The molecule has 1 aliphatic heterocycles. The molecule has 104 valence electrons. The molecule has 6 nitrogen and oxygen atoms in total. The van der Waals surface area contributed by atoms with Crippen LogP contribution in [0, 0.1) is 0 Å². The number of hydrogen-bond acceptors (Lipinski definition) is 6. The van der Waals surface area contributed by atoms with Gasteiger partial charge in [-0.25, -0.2) is 14.4 Å². The monoisotopic (exact) mass is 276 g/mol. The highest BCUT2D eigenvalue weighted by atomic mass is 16.6. The molecule has 20 heavy (non-hydrogen) atoms. The van der Waals surface area contributed by atoms with Gasteiger partial charge in [-0.1, -0.05) is 18.7 Å². The Bertz CT molecular complexity index is 602. The van der Waals surface area contributed by atoms with Crippen molar-refractivity contribution in [2.24, 2.45) is 0 Å². The van der Waals surface area contributed by atoms with E-state index < -0.39 is 17.9 Å². The molecule has 0 bridgehead atoms. The van der Waals surface area contributed by atoms with Gasteiger partial charge < -0.3 is 14.6 Å². The van der Waals surface area contributed by atoms with Crippen molar-refractivity contribution < 1.29 is 29.0 Å². The highest BCUT2D eigenvalue weighted by Gasteiger charge is 2.33. The second-order valence-electron chi connectivity index (χ2n) is 4.10. The molecule has 1 N–H and O–H groups in total. The van der Waals surface area contributed by atoms with E-state index in [2.05, 4.69) is 11.3 Å². The maximum absolute atomic E-state index is 11.8. The molecule has 0 saturated heterocycles. The quantitative estimate of drug-likeness (QED) is 0.372. The Morgan fingerprint density at radius 2 is 2.05 bits per heavy atom. The van der Waals surface area contributed by atoms with Crippen LogP contribution in [0.3, 0.4) is 0 Å². The lowest BCUT2D eigenvalue weighted by atomic mass is 9.97. The zero-order chi connectivity index (χ0) is 14.7. The molecule has 1 aromatic rings. The third-order valence-corrected chi connectivity index (χ3v) is 2.78. The van der Waals surface area contributed by atoms with Crippen LogP contribution in [0.2, 0.25) is 0 Å². The Balaban J connectivity index is 2.26. The first-order valence-electron chi connectivity index (χ1n) is 5.93. The predicted octanol–water partition coefficient (Wildman–Crippen LogP) is 0.936. The van der Waals surface area contributed by atoms with Gasteiger partial charge in [-0.2, -0.15) is 0 Å². The van der Waals surface area contributed by atoms with E-state index in [0.29, 0.717) is 6.42 Å². The Morgan fingerprint density at radius 1 is 1.30 bits per heavy atom. The first-order valence-corrected chi connectivity index (χ1v) is 5.93. The summed E-state index contributed by atoms with van der Waals surface area (Å²) >= 11 is 0. The zero-order valence-electron chi connectivity index (χ0n) is 10.5. The van der Waals surface area contributed by atoms with Crippen molar-refractivity contribution >= 4 is 23.5 Å². The number of aliphatic hydroxyl groups excluding tert-OH is 1. The Morgan fingerprint density at radius 3 is 2.75 bits per heavy atom. The molecule has 0 unspecified atom stereocenters. The molecule has 0 saturated carbocycles. The van der Waals surface area contributed by atoms with Crippen LogP contribution >= 0.6 is 0 Å². The van der Waals surface area contributed by atoms with Crippen molar-refractivity contribution in [2.75, 3.05) is 13.2 Å². The molecule has 6 heteroatoms. The number of benzene rings is 1. The van der Waals surface area contributed by atoms with Crippen LogP contribution in [-0.2, 0) is 14.3 Å². The number of fused-ring (bicyclic) bond motifs is 1. The Kier molecular flexibility index (Phi) is 3.95. The minimum atomic E-state index is -0.801. The van der Waals surface area contributed by atoms with Gasteiger partial charge in [-0.15, -0.1) is 0 Å². The molecule has 1 heterocycles. The zero-order valence-corrected chi connectivity index (χ0v) is 10.5. The number of hydrogen-bond donors (Lipinski definition) is 1. The maximum atomic E-state index is 11.8. The number of carbonyl (C=O) groups is 3. The van der Waals surface area contributed by atoms with E-state index in [0.717, 1.165) is 0 Å². The van der Waals surface area contributed by atoms with Crippen molar-refractivity contribution in [3.05, 3.63) is 41.5 Å². The van der Waals surface area contributed by atoms with Crippen LogP contribution < -0.4 is 0 Å². The molecule has 0 fully saturated rings. The number of esters is 3. The van der Waals surface area contributed by atoms with Crippen molar-refractivity contribution in [2.45, 2.75) is 6.42 Å². The number of ether oxygens (including phenoxy) is 2. The summed E-state index contributed by atoms with van der Waals surface area (Å²) < 4.78 is 9.38. The summed E-state index contributed by atoms with van der Waals surface area (Å²) in [6, 6.07) is 4.46. The van der Waals surface area contributed by atoms with Gasteiger partial charge in [0.05, 0.1) is 23.3 Å². The SMILES string of the molecule is C=C(C(=O)OCCCO)c1cccc2c1C(=O)OC2=O. The van der Waals surface area contributed by atoms with Crippen molar-refractivity contribution in [3.63, 3.8) is 0 Å². The summed E-state index contributed by atoms with van der Waals surface area (Å²) in [7, 11) is 0. The standard InChI is InChI=1S/C14H12O6/c1-8(12(16)19-7-3-6-15)9-4-2-5-10-11(9)14(18)20-13(10)17/h2,4-5,15H,1,3,6-7H2. The highest BCUT2D eigenvalue weighted by Crippen LogP contribution is 2.28. The summed E-state index contributed by atoms with van der Waals surface area (Å²) in [5.41, 5.74) is 0.317. The van der Waals surface area contributed by atoms with E-state index in [1.165, 1.54) is 18.2 Å². The maximum Gasteiger partial charge on any atom is 0.347 e. The number of rotatable bonds is 5. The minimum Gasteiger partial charge on any atom is -0.462 e. The number of aliphatic hydroxyl groups is 1. The van der Waals surface area contributed by atoms with Crippen LogP contribution in [0.4, 0.5) is 0 Å². The van der Waals surface area contributed by atoms with Gasteiger partial charge in [-0.3, -0.25) is 0 Å². The first kappa shape index (κ1) is 14.0. The number of carbonyl (C=O) groups excluding carboxylic acids is 3. The molecule has 1 aliphatic rings. The van der Waals surface area contributed by atoms with Crippen LogP contribution in [0.1, 0.15) is 32.7 Å². The lowest BCUT2D eigenvalue weighted by Crippen LogP contribution is -2.11. The average molecular weight is 276 g/mol. The van der Waals surface area contributed by atoms with Gasteiger partial charge in [0.2, 0.25) is 0 Å². The van der Waals surface area contributed by atoms with Gasteiger partial charge >= 0.3 is 17.9 Å². The Hall–Kier alpha value is -2.47. The fourth-order valence-electron chi connectivity index (χ4n) is 1.81. The molecule has 0 aromatic heterocycles. The molecule has 0 radical (unpaired) electrons. The fourth-order valence-corrected chi connectivity index (χ4v) is 1.81. The second kappa shape index (κ2) is 5.66. The highest BCUT2D eigenvalue weighted by molar-refractivity contribution is 6.23. The van der Waals surface area contributed by atoms with Gasteiger partial charge in [0.25, 0.3) is 0 Å². The van der Waals surface area contributed by atoms with Crippen LogP contribution in [0.5, 0.6) is 0 Å². The molecular formula is C14H12O6. The number of cyclic esters (lactones) is 2. The molecule has 0 spiro atoms. The van der Waals surface area contributed by atoms with E-state index in [-0.39, 0.29) is 35.5 Å². The van der Waals surface area contributed by atoms with E-state index in [9.17, 15) is 14.4 Å². The van der Waals surface area contributed by atoms with Gasteiger partial charge in [-0.05, 0) is 6.07 Å². The predicted molar refractivity (Wildman–Crippen MR) is 67.9 cm³/mol. The largest absolute Gasteiger partial charge is 0.462 e. The van der Waals surface area contributed by atoms with Crippen LogP contribution in [-0.4, -0.2) is 36.2 Å². The molecule has 0 atom stereocenters. The van der Waals surface area contributed by atoms with E-state index in [1.54, 1.807) is 0 Å². The summed E-state index contributed by atoms with van der Waals surface area (Å²) in [6.07, 6.45) is 0.312. The molecule has 0 amide bonds.